The summed E-state index contributed by atoms with van der Waals surface area (Å²) >= 11 is 1.85. The lowest BCUT2D eigenvalue weighted by Gasteiger charge is -2.11. The van der Waals surface area contributed by atoms with E-state index >= 15 is 0 Å². The summed E-state index contributed by atoms with van der Waals surface area (Å²) in [5.74, 6) is 0.924. The minimum atomic E-state index is -0.188. The van der Waals surface area contributed by atoms with E-state index < -0.39 is 0 Å². The van der Waals surface area contributed by atoms with Gasteiger partial charge in [0.15, 0.2) is 12.0 Å². The average molecular weight is 469 g/mol. The highest BCUT2D eigenvalue weighted by atomic mass is 32.1. The van der Waals surface area contributed by atoms with E-state index in [0.717, 1.165) is 33.6 Å². The summed E-state index contributed by atoms with van der Waals surface area (Å²) in [6.07, 6.45) is -0.188. The molecule has 1 aliphatic heterocycles. The molecular weight excluding hydrogens is 448 g/mol. The first-order valence-corrected chi connectivity index (χ1v) is 12.6. The van der Waals surface area contributed by atoms with Crippen LogP contribution < -0.4 is 10.1 Å². The molecule has 4 heteroatoms. The summed E-state index contributed by atoms with van der Waals surface area (Å²) in [5.41, 5.74) is 5.66. The molecule has 3 nitrogen and oxygen atoms in total. The Labute approximate surface area is 205 Å². The lowest BCUT2D eigenvalue weighted by Crippen LogP contribution is -2.09. The third kappa shape index (κ3) is 2.71. The number of para-hydroxylation sites is 1. The SMILES string of the molecule is c1ccc(C2Nc3ccc4c(c3O2)c2ccccc2n4-c2ccc3sc4ccccc4c3c2)cc1. The van der Waals surface area contributed by atoms with Gasteiger partial charge in [0.05, 0.1) is 22.1 Å². The van der Waals surface area contributed by atoms with E-state index in [1.54, 1.807) is 0 Å². The van der Waals surface area contributed by atoms with Crippen molar-refractivity contribution in [1.82, 2.24) is 4.57 Å². The predicted octanol–water partition coefficient (Wildman–Crippen LogP) is 8.65. The first-order valence-electron chi connectivity index (χ1n) is 11.8. The Hall–Kier alpha value is -4.28. The van der Waals surface area contributed by atoms with Crippen molar-refractivity contribution in [1.29, 1.82) is 0 Å². The van der Waals surface area contributed by atoms with Crippen molar-refractivity contribution in [3.63, 3.8) is 0 Å². The molecule has 1 N–H and O–H groups in total. The van der Waals surface area contributed by atoms with E-state index in [4.69, 9.17) is 4.74 Å². The maximum Gasteiger partial charge on any atom is 0.196 e. The Balaban J connectivity index is 1.38. The van der Waals surface area contributed by atoms with E-state index in [0.29, 0.717) is 0 Å². The number of aromatic nitrogens is 1. The van der Waals surface area contributed by atoms with E-state index in [2.05, 4.69) is 113 Å². The van der Waals surface area contributed by atoms with Crippen molar-refractivity contribution in [3.05, 3.63) is 115 Å². The van der Waals surface area contributed by atoms with Gasteiger partial charge in [0, 0.05) is 36.8 Å². The van der Waals surface area contributed by atoms with Crippen LogP contribution in [0.3, 0.4) is 0 Å². The van der Waals surface area contributed by atoms with Crippen LogP contribution in [0.1, 0.15) is 11.8 Å². The molecule has 0 bridgehead atoms. The molecule has 0 amide bonds. The monoisotopic (exact) mass is 468 g/mol. The van der Waals surface area contributed by atoms with Crippen LogP contribution in [0.25, 0.3) is 47.7 Å². The van der Waals surface area contributed by atoms with Gasteiger partial charge in [-0.15, -0.1) is 11.3 Å². The van der Waals surface area contributed by atoms with Gasteiger partial charge in [-0.05, 0) is 42.5 Å². The van der Waals surface area contributed by atoms with Gasteiger partial charge in [-0.2, -0.15) is 0 Å². The first-order chi connectivity index (χ1) is 17.3. The number of anilines is 1. The molecule has 3 heterocycles. The maximum atomic E-state index is 6.56. The molecule has 35 heavy (non-hydrogen) atoms. The van der Waals surface area contributed by atoms with Gasteiger partial charge < -0.3 is 14.6 Å². The van der Waals surface area contributed by atoms with Crippen molar-refractivity contribution in [3.8, 4) is 11.4 Å². The van der Waals surface area contributed by atoms with Crippen LogP contribution in [0.15, 0.2) is 109 Å². The normalized spacial score (nSPS) is 15.0. The largest absolute Gasteiger partial charge is 0.464 e. The molecule has 1 aliphatic rings. The van der Waals surface area contributed by atoms with E-state index in [9.17, 15) is 0 Å². The van der Waals surface area contributed by atoms with Crippen molar-refractivity contribution in [2.24, 2.45) is 0 Å². The Morgan fingerprint density at radius 2 is 1.43 bits per heavy atom. The van der Waals surface area contributed by atoms with E-state index in [1.807, 2.05) is 17.4 Å². The fraction of sp³-hybridized carbons (Fsp3) is 0.0323. The van der Waals surface area contributed by atoms with Crippen molar-refractivity contribution in [2.45, 2.75) is 6.23 Å². The number of nitrogens with one attached hydrogen (secondary N) is 1. The molecule has 0 aliphatic carbocycles. The number of ether oxygens (including phenoxy) is 1. The minimum Gasteiger partial charge on any atom is -0.464 e. The molecule has 0 fully saturated rings. The Morgan fingerprint density at radius 3 is 2.34 bits per heavy atom. The van der Waals surface area contributed by atoms with Crippen LogP contribution in [-0.2, 0) is 0 Å². The standard InChI is InChI=1S/C31H20N2OS/c1-2-8-19(9-3-1)31-32-24-15-16-26-29(30(24)34-31)22-11-4-6-12-25(22)33(26)20-14-17-28-23(18-20)21-10-5-7-13-27(21)35-28/h1-18,31-32H. The molecule has 0 saturated heterocycles. The Morgan fingerprint density at radius 1 is 0.657 bits per heavy atom. The van der Waals surface area contributed by atoms with E-state index in [1.165, 1.54) is 31.1 Å². The molecule has 0 radical (unpaired) electrons. The van der Waals surface area contributed by atoms with Gasteiger partial charge in [0.2, 0.25) is 0 Å². The van der Waals surface area contributed by atoms with Gasteiger partial charge in [0.1, 0.15) is 0 Å². The van der Waals surface area contributed by atoms with Crippen LogP contribution in [0.4, 0.5) is 5.69 Å². The summed E-state index contributed by atoms with van der Waals surface area (Å²) in [7, 11) is 0. The van der Waals surface area contributed by atoms with E-state index in [-0.39, 0.29) is 6.23 Å². The second kappa shape index (κ2) is 7.11. The van der Waals surface area contributed by atoms with Gasteiger partial charge in [-0.1, -0.05) is 66.7 Å². The van der Waals surface area contributed by atoms with Crippen molar-refractivity contribution < 1.29 is 4.74 Å². The Kier molecular flexibility index (Phi) is 3.87. The highest BCUT2D eigenvalue weighted by Crippen LogP contribution is 2.47. The smallest absolute Gasteiger partial charge is 0.196 e. The van der Waals surface area contributed by atoms with Crippen LogP contribution >= 0.6 is 11.3 Å². The molecular formula is C31H20N2OS. The summed E-state index contributed by atoms with van der Waals surface area (Å²) in [6, 6.07) is 38.8. The average Bonchev–Trinajstić information content (AvgIpc) is 3.60. The van der Waals surface area contributed by atoms with Crippen LogP contribution in [-0.4, -0.2) is 4.57 Å². The lowest BCUT2D eigenvalue weighted by atomic mass is 10.1. The summed E-state index contributed by atoms with van der Waals surface area (Å²) < 4.78 is 11.6. The molecule has 7 aromatic rings. The maximum absolute atomic E-state index is 6.56. The second-order valence-electron chi connectivity index (χ2n) is 9.02. The third-order valence-electron chi connectivity index (χ3n) is 7.03. The molecule has 1 unspecified atom stereocenters. The lowest BCUT2D eigenvalue weighted by molar-refractivity contribution is 0.263. The zero-order valence-electron chi connectivity index (χ0n) is 18.7. The molecule has 1 atom stereocenters. The fourth-order valence-electron chi connectivity index (χ4n) is 5.46. The molecule has 0 spiro atoms. The van der Waals surface area contributed by atoms with Crippen LogP contribution in [0.5, 0.6) is 5.75 Å². The van der Waals surface area contributed by atoms with Gasteiger partial charge in [-0.3, -0.25) is 0 Å². The predicted molar refractivity (Wildman–Crippen MR) is 147 cm³/mol. The number of nitrogens with zero attached hydrogens (tertiary/aromatic N) is 1. The van der Waals surface area contributed by atoms with Gasteiger partial charge in [-0.25, -0.2) is 0 Å². The highest BCUT2D eigenvalue weighted by Gasteiger charge is 2.28. The number of thiophene rings is 1. The second-order valence-corrected chi connectivity index (χ2v) is 10.1. The highest BCUT2D eigenvalue weighted by molar-refractivity contribution is 7.25. The molecule has 2 aromatic heterocycles. The van der Waals surface area contributed by atoms with Crippen LogP contribution in [0.2, 0.25) is 0 Å². The topological polar surface area (TPSA) is 26.2 Å². The molecule has 5 aromatic carbocycles. The number of benzene rings is 5. The number of hydrogen-bond donors (Lipinski definition) is 1. The minimum absolute atomic E-state index is 0.188. The molecule has 0 saturated carbocycles. The number of fused-ring (bicyclic) bond motifs is 8. The number of hydrogen-bond acceptors (Lipinski definition) is 3. The zero-order chi connectivity index (χ0) is 22.9. The van der Waals surface area contributed by atoms with Crippen molar-refractivity contribution >= 4 is 59.0 Å². The third-order valence-corrected chi connectivity index (χ3v) is 8.19. The van der Waals surface area contributed by atoms with Crippen LogP contribution in [0, 0.1) is 0 Å². The molecule has 166 valence electrons. The van der Waals surface area contributed by atoms with Gasteiger partial charge >= 0.3 is 0 Å². The first kappa shape index (κ1) is 19.1. The molecule has 8 rings (SSSR count). The summed E-state index contributed by atoms with van der Waals surface area (Å²) in [4.78, 5) is 0. The summed E-state index contributed by atoms with van der Waals surface area (Å²) in [6.45, 7) is 0. The van der Waals surface area contributed by atoms with Gasteiger partial charge in [0.25, 0.3) is 0 Å². The fourth-order valence-corrected chi connectivity index (χ4v) is 6.55. The van der Waals surface area contributed by atoms with Crippen molar-refractivity contribution in [2.75, 3.05) is 5.32 Å². The number of rotatable bonds is 2. The Bertz CT molecular complexity index is 1920. The zero-order valence-corrected chi connectivity index (χ0v) is 19.5. The summed E-state index contributed by atoms with van der Waals surface area (Å²) in [5, 5.41) is 8.54. The quantitative estimate of drug-likeness (QED) is 0.275.